The van der Waals surface area contributed by atoms with Gasteiger partial charge in [0.25, 0.3) is 0 Å². The topological polar surface area (TPSA) is 66.8 Å². The summed E-state index contributed by atoms with van der Waals surface area (Å²) in [6, 6.07) is 11.3. The molecule has 0 amide bonds. The van der Waals surface area contributed by atoms with Crippen LogP contribution in [0.15, 0.2) is 42.5 Å². The van der Waals surface area contributed by atoms with E-state index in [9.17, 15) is 15.0 Å². The second kappa shape index (κ2) is 4.31. The molecular weight excluding hydrogens is 244 g/mol. The Morgan fingerprint density at radius 1 is 1.05 bits per heavy atom. The molecule has 2 aromatic rings. The van der Waals surface area contributed by atoms with Gasteiger partial charge in [-0.05, 0) is 24.3 Å². The van der Waals surface area contributed by atoms with Gasteiger partial charge in [0.1, 0.15) is 23.4 Å². The van der Waals surface area contributed by atoms with E-state index in [1.807, 2.05) is 0 Å². The molecule has 0 saturated carbocycles. The maximum atomic E-state index is 12.0. The van der Waals surface area contributed by atoms with Crippen LogP contribution in [0.25, 0.3) is 0 Å². The maximum Gasteiger partial charge on any atom is 0.170 e. The number of benzene rings is 2. The van der Waals surface area contributed by atoms with E-state index in [-0.39, 0.29) is 23.7 Å². The van der Waals surface area contributed by atoms with Gasteiger partial charge in [-0.15, -0.1) is 0 Å². The van der Waals surface area contributed by atoms with Crippen molar-refractivity contribution in [3.05, 3.63) is 53.6 Å². The zero-order valence-electron chi connectivity index (χ0n) is 10.0. The van der Waals surface area contributed by atoms with Gasteiger partial charge in [0.05, 0.1) is 12.0 Å². The average molecular weight is 256 g/mol. The van der Waals surface area contributed by atoms with Crippen molar-refractivity contribution in [2.75, 3.05) is 0 Å². The number of Topliss-reactive ketones (excluding diaryl/α,β-unsaturated/α-hetero) is 1. The lowest BCUT2D eigenvalue weighted by Gasteiger charge is -2.25. The number of ketones is 1. The molecule has 1 aliphatic heterocycles. The number of aromatic hydroxyl groups is 2. The second-order valence-electron chi connectivity index (χ2n) is 4.51. The van der Waals surface area contributed by atoms with Gasteiger partial charge in [0.15, 0.2) is 5.78 Å². The number of rotatable bonds is 1. The van der Waals surface area contributed by atoms with Gasteiger partial charge in [-0.25, -0.2) is 0 Å². The van der Waals surface area contributed by atoms with Gasteiger partial charge >= 0.3 is 0 Å². The summed E-state index contributed by atoms with van der Waals surface area (Å²) in [4.78, 5) is 12.0. The minimum Gasteiger partial charge on any atom is -0.508 e. The predicted octanol–water partition coefficient (Wildman–Crippen LogP) is 2.80. The Bertz CT molecular complexity index is 628. The molecule has 96 valence electrons. The Labute approximate surface area is 109 Å². The Hall–Kier alpha value is -2.49. The summed E-state index contributed by atoms with van der Waals surface area (Å²) in [6.45, 7) is 0. The third-order valence-corrected chi connectivity index (χ3v) is 3.12. The molecule has 2 N–H and O–H groups in total. The van der Waals surface area contributed by atoms with Gasteiger partial charge in [-0.2, -0.15) is 0 Å². The van der Waals surface area contributed by atoms with Gasteiger partial charge in [0, 0.05) is 11.6 Å². The molecule has 4 heteroatoms. The van der Waals surface area contributed by atoms with Crippen LogP contribution in [0.4, 0.5) is 0 Å². The number of phenols is 2. The van der Waals surface area contributed by atoms with E-state index in [2.05, 4.69) is 0 Å². The van der Waals surface area contributed by atoms with E-state index in [4.69, 9.17) is 4.74 Å². The van der Waals surface area contributed by atoms with Crippen molar-refractivity contribution in [3.63, 3.8) is 0 Å². The Balaban J connectivity index is 1.99. The van der Waals surface area contributed by atoms with Gasteiger partial charge in [0.2, 0.25) is 0 Å². The lowest BCUT2D eigenvalue weighted by atomic mass is 9.96. The van der Waals surface area contributed by atoms with E-state index in [1.165, 1.54) is 18.2 Å². The minimum atomic E-state index is -0.486. The van der Waals surface area contributed by atoms with E-state index >= 15 is 0 Å². The van der Waals surface area contributed by atoms with Crippen molar-refractivity contribution in [2.45, 2.75) is 12.5 Å². The van der Waals surface area contributed by atoms with Crippen LogP contribution in [0.5, 0.6) is 17.2 Å². The molecule has 0 spiro atoms. The van der Waals surface area contributed by atoms with Crippen molar-refractivity contribution >= 4 is 5.78 Å². The highest BCUT2D eigenvalue weighted by Crippen LogP contribution is 2.36. The molecule has 1 aliphatic rings. The van der Waals surface area contributed by atoms with Crippen molar-refractivity contribution in [3.8, 4) is 17.2 Å². The fraction of sp³-hybridized carbons (Fsp3) is 0.133. The monoisotopic (exact) mass is 256 g/mol. The molecule has 0 bridgehead atoms. The summed E-state index contributed by atoms with van der Waals surface area (Å²) in [5.41, 5.74) is 1.16. The molecule has 1 unspecified atom stereocenters. The first-order valence-corrected chi connectivity index (χ1v) is 5.95. The fourth-order valence-corrected chi connectivity index (χ4v) is 2.26. The summed E-state index contributed by atoms with van der Waals surface area (Å²) < 4.78 is 5.76. The van der Waals surface area contributed by atoms with E-state index < -0.39 is 6.10 Å². The van der Waals surface area contributed by atoms with Crippen LogP contribution in [0.2, 0.25) is 0 Å². The van der Waals surface area contributed by atoms with Crippen molar-refractivity contribution in [2.24, 2.45) is 0 Å². The molecule has 0 radical (unpaired) electrons. The molecule has 3 rings (SSSR count). The lowest BCUT2D eigenvalue weighted by molar-refractivity contribution is 0.0849. The first kappa shape index (κ1) is 11.6. The molecule has 1 atom stereocenters. The minimum absolute atomic E-state index is 0.00492. The summed E-state index contributed by atoms with van der Waals surface area (Å²) in [7, 11) is 0. The largest absolute Gasteiger partial charge is 0.508 e. The Morgan fingerprint density at radius 2 is 1.74 bits per heavy atom. The number of hydrogen-bond acceptors (Lipinski definition) is 4. The number of carbonyl (C=O) groups excluding carboxylic acids is 1. The lowest BCUT2D eigenvalue weighted by Crippen LogP contribution is -2.20. The van der Waals surface area contributed by atoms with E-state index in [0.717, 1.165) is 0 Å². The van der Waals surface area contributed by atoms with Crippen molar-refractivity contribution < 1.29 is 19.7 Å². The number of carbonyl (C=O) groups is 1. The van der Waals surface area contributed by atoms with Crippen LogP contribution >= 0.6 is 0 Å². The SMILES string of the molecule is O=C1CC(c2cc(O)cc(O)c2)Oc2ccccc21. The highest BCUT2D eigenvalue weighted by Gasteiger charge is 2.27. The van der Waals surface area contributed by atoms with Crippen LogP contribution in [-0.4, -0.2) is 16.0 Å². The van der Waals surface area contributed by atoms with Crippen molar-refractivity contribution in [1.82, 2.24) is 0 Å². The van der Waals surface area contributed by atoms with E-state index in [0.29, 0.717) is 16.9 Å². The average Bonchev–Trinajstić information content (AvgIpc) is 2.37. The number of para-hydroxylation sites is 1. The summed E-state index contributed by atoms with van der Waals surface area (Å²) in [6.07, 6.45) is -0.291. The number of ether oxygens (including phenoxy) is 1. The molecule has 4 nitrogen and oxygen atoms in total. The first-order valence-electron chi connectivity index (χ1n) is 5.95. The molecule has 1 heterocycles. The van der Waals surface area contributed by atoms with Crippen molar-refractivity contribution in [1.29, 1.82) is 0 Å². The highest BCUT2D eigenvalue weighted by molar-refractivity contribution is 5.99. The van der Waals surface area contributed by atoms with Gasteiger partial charge in [-0.1, -0.05) is 12.1 Å². The molecular formula is C15H12O4. The zero-order valence-corrected chi connectivity index (χ0v) is 10.0. The third-order valence-electron chi connectivity index (χ3n) is 3.12. The number of phenolic OH excluding ortho intramolecular Hbond substituents is 2. The maximum absolute atomic E-state index is 12.0. The third kappa shape index (κ3) is 2.12. The Kier molecular flexibility index (Phi) is 2.63. The summed E-state index contributed by atoms with van der Waals surface area (Å²) in [5, 5.41) is 19.0. The molecule has 0 saturated heterocycles. The number of fused-ring (bicyclic) bond motifs is 1. The van der Waals surface area contributed by atoms with Crippen LogP contribution < -0.4 is 4.74 Å². The number of hydrogen-bond donors (Lipinski definition) is 2. The highest BCUT2D eigenvalue weighted by atomic mass is 16.5. The second-order valence-corrected chi connectivity index (χ2v) is 4.51. The van der Waals surface area contributed by atoms with E-state index in [1.54, 1.807) is 24.3 Å². The predicted molar refractivity (Wildman–Crippen MR) is 68.5 cm³/mol. The van der Waals surface area contributed by atoms with Crippen LogP contribution in [0, 0.1) is 0 Å². The molecule has 0 aliphatic carbocycles. The molecule has 2 aromatic carbocycles. The quantitative estimate of drug-likeness (QED) is 0.823. The van der Waals surface area contributed by atoms with Gasteiger partial charge in [-0.3, -0.25) is 4.79 Å². The van der Waals surface area contributed by atoms with Crippen LogP contribution in [0.1, 0.15) is 28.4 Å². The first-order chi connectivity index (χ1) is 9.13. The normalized spacial score (nSPS) is 17.7. The van der Waals surface area contributed by atoms with Crippen LogP contribution in [0.3, 0.4) is 0 Å². The standard InChI is InChI=1S/C15H12O4/c16-10-5-9(6-11(17)7-10)15-8-13(18)12-3-1-2-4-14(12)19-15/h1-7,15-17H,8H2. The van der Waals surface area contributed by atoms with Gasteiger partial charge < -0.3 is 14.9 Å². The Morgan fingerprint density at radius 3 is 2.47 bits per heavy atom. The molecule has 19 heavy (non-hydrogen) atoms. The summed E-state index contributed by atoms with van der Waals surface area (Å²) >= 11 is 0. The van der Waals surface area contributed by atoms with Crippen LogP contribution in [-0.2, 0) is 0 Å². The molecule has 0 fully saturated rings. The summed E-state index contributed by atoms with van der Waals surface area (Å²) in [5.74, 6) is 0.427. The zero-order chi connectivity index (χ0) is 13.4. The fourth-order valence-electron chi connectivity index (χ4n) is 2.26. The molecule has 0 aromatic heterocycles. The smallest absolute Gasteiger partial charge is 0.170 e.